The van der Waals surface area contributed by atoms with Crippen molar-refractivity contribution in [2.24, 2.45) is 0 Å². The fourth-order valence-corrected chi connectivity index (χ4v) is 6.52. The minimum atomic E-state index is -4.11. The van der Waals surface area contributed by atoms with E-state index in [9.17, 15) is 28.4 Å². The lowest BCUT2D eigenvalue weighted by molar-refractivity contribution is -0.387. The zero-order chi connectivity index (χ0) is 25.5. The Bertz CT molecular complexity index is 1400. The van der Waals surface area contributed by atoms with Crippen molar-refractivity contribution in [3.63, 3.8) is 0 Å². The molecule has 1 aliphatic heterocycles. The van der Waals surface area contributed by atoms with Crippen LogP contribution in [-0.2, 0) is 10.0 Å². The highest BCUT2D eigenvalue weighted by atomic mass is 35.5. The third kappa shape index (κ3) is 4.54. The number of nitro benzene ring substituents is 1. The van der Waals surface area contributed by atoms with Gasteiger partial charge in [-0.05, 0) is 56.0 Å². The van der Waals surface area contributed by atoms with Crippen LogP contribution in [0.5, 0.6) is 0 Å². The van der Waals surface area contributed by atoms with Crippen LogP contribution in [0.25, 0.3) is 11.3 Å². The molecule has 12 heteroatoms. The Kier molecular flexibility index (Phi) is 6.67. The Labute approximate surface area is 206 Å². The molecule has 184 valence electrons. The number of carboxylic acids is 1. The van der Waals surface area contributed by atoms with Gasteiger partial charge in [0.15, 0.2) is 10.7 Å². The van der Waals surface area contributed by atoms with Gasteiger partial charge in [-0.15, -0.1) is 0 Å². The highest BCUT2D eigenvalue weighted by Crippen LogP contribution is 2.39. The molecule has 4 rings (SSSR count). The lowest BCUT2D eigenvalue weighted by atomic mass is 9.90. The van der Waals surface area contributed by atoms with Gasteiger partial charge in [-0.1, -0.05) is 28.9 Å². The number of aromatic carboxylic acids is 1. The topological polar surface area (TPSA) is 144 Å². The van der Waals surface area contributed by atoms with Gasteiger partial charge in [0.05, 0.1) is 4.92 Å². The first-order chi connectivity index (χ1) is 16.5. The number of nitro groups is 1. The second kappa shape index (κ2) is 9.40. The molecule has 0 spiro atoms. The molecule has 1 aliphatic rings. The van der Waals surface area contributed by atoms with Crippen LogP contribution in [0, 0.1) is 24.0 Å². The zero-order valence-electron chi connectivity index (χ0n) is 18.9. The minimum Gasteiger partial charge on any atom is -0.477 e. The van der Waals surface area contributed by atoms with Crippen LogP contribution in [0.15, 0.2) is 45.8 Å². The fraction of sp³-hybridized carbons (Fsp3) is 0.304. The molecule has 0 bridgehead atoms. The predicted octanol–water partition coefficient (Wildman–Crippen LogP) is 4.79. The van der Waals surface area contributed by atoms with Crippen LogP contribution in [0.2, 0.25) is 5.02 Å². The van der Waals surface area contributed by atoms with Gasteiger partial charge in [0, 0.05) is 35.7 Å². The van der Waals surface area contributed by atoms with Gasteiger partial charge in [0.25, 0.3) is 5.69 Å². The van der Waals surface area contributed by atoms with Crippen LogP contribution in [0.1, 0.15) is 46.0 Å². The Morgan fingerprint density at radius 2 is 1.80 bits per heavy atom. The summed E-state index contributed by atoms with van der Waals surface area (Å²) in [7, 11) is -4.11. The van der Waals surface area contributed by atoms with E-state index in [4.69, 9.17) is 16.1 Å². The number of benzene rings is 2. The number of piperidine rings is 1. The monoisotopic (exact) mass is 519 g/mol. The molecular formula is C23H22ClN3O7S. The molecule has 0 atom stereocenters. The van der Waals surface area contributed by atoms with Crippen molar-refractivity contribution in [1.82, 2.24) is 9.46 Å². The molecule has 0 aliphatic carbocycles. The number of carboxylic acid groups (broad SMARTS) is 1. The van der Waals surface area contributed by atoms with Crippen LogP contribution in [-0.4, -0.2) is 47.0 Å². The molecule has 1 saturated heterocycles. The lowest BCUT2D eigenvalue weighted by Crippen LogP contribution is -2.38. The summed E-state index contributed by atoms with van der Waals surface area (Å²) in [6.07, 6.45) is 0.542. The molecule has 10 nitrogen and oxygen atoms in total. The second-order valence-corrected chi connectivity index (χ2v) is 10.7. The van der Waals surface area contributed by atoms with Gasteiger partial charge in [-0.25, -0.2) is 13.2 Å². The smallest absolute Gasteiger partial charge is 0.341 e. The summed E-state index contributed by atoms with van der Waals surface area (Å²) < 4.78 is 32.9. The van der Waals surface area contributed by atoms with Crippen molar-refractivity contribution in [3.8, 4) is 11.3 Å². The number of sulfonamides is 1. The Hall–Kier alpha value is -3.28. The number of carbonyl (C=O) groups is 1. The Morgan fingerprint density at radius 3 is 2.37 bits per heavy atom. The summed E-state index contributed by atoms with van der Waals surface area (Å²) in [4.78, 5) is 22.4. The number of para-hydroxylation sites is 1. The first-order valence-electron chi connectivity index (χ1n) is 10.8. The first-order valence-corrected chi connectivity index (χ1v) is 12.6. The summed E-state index contributed by atoms with van der Waals surface area (Å²) in [6.45, 7) is 3.71. The summed E-state index contributed by atoms with van der Waals surface area (Å²) in [5, 5.41) is 25.9. The van der Waals surface area contributed by atoms with E-state index < -0.39 is 26.6 Å². The molecule has 1 fully saturated rings. The second-order valence-electron chi connectivity index (χ2n) is 8.39. The first kappa shape index (κ1) is 24.8. The van der Waals surface area contributed by atoms with Crippen molar-refractivity contribution >= 4 is 33.3 Å². The van der Waals surface area contributed by atoms with E-state index in [0.29, 0.717) is 10.6 Å². The summed E-state index contributed by atoms with van der Waals surface area (Å²) in [5.41, 5.74) is 1.78. The number of aromatic nitrogens is 1. The van der Waals surface area contributed by atoms with E-state index in [-0.39, 0.29) is 53.8 Å². The van der Waals surface area contributed by atoms with Crippen LogP contribution in [0.3, 0.4) is 0 Å². The number of aryl methyl sites for hydroxylation is 2. The van der Waals surface area contributed by atoms with Gasteiger partial charge in [0.2, 0.25) is 10.0 Å². The SMILES string of the molecule is Cc1cc(Cl)cc(C)c1-c1noc(C2CCN(S(=O)(=O)c3ccccc3[N+](=O)[O-])CC2)c1C(=O)O. The Morgan fingerprint density at radius 1 is 1.20 bits per heavy atom. The number of nitrogens with zero attached hydrogens (tertiary/aromatic N) is 3. The van der Waals surface area contributed by atoms with E-state index in [0.717, 1.165) is 17.2 Å². The van der Waals surface area contributed by atoms with E-state index in [1.807, 2.05) is 0 Å². The van der Waals surface area contributed by atoms with Crippen molar-refractivity contribution in [3.05, 3.63) is 74.0 Å². The quantitative estimate of drug-likeness (QED) is 0.361. The highest BCUT2D eigenvalue weighted by molar-refractivity contribution is 7.89. The highest BCUT2D eigenvalue weighted by Gasteiger charge is 2.37. The largest absolute Gasteiger partial charge is 0.477 e. The number of hydrogen-bond acceptors (Lipinski definition) is 7. The van der Waals surface area contributed by atoms with E-state index in [1.54, 1.807) is 26.0 Å². The molecule has 35 heavy (non-hydrogen) atoms. The molecule has 0 unspecified atom stereocenters. The maximum absolute atomic E-state index is 13.1. The molecule has 0 amide bonds. The van der Waals surface area contributed by atoms with Crippen molar-refractivity contribution in [2.75, 3.05) is 13.1 Å². The van der Waals surface area contributed by atoms with Gasteiger partial charge < -0.3 is 9.63 Å². The lowest BCUT2D eigenvalue weighted by Gasteiger charge is -2.30. The van der Waals surface area contributed by atoms with Crippen LogP contribution in [0.4, 0.5) is 5.69 Å². The van der Waals surface area contributed by atoms with E-state index >= 15 is 0 Å². The van der Waals surface area contributed by atoms with Crippen molar-refractivity contribution < 1.29 is 27.8 Å². The summed E-state index contributed by atoms with van der Waals surface area (Å²) >= 11 is 6.11. The molecule has 1 N–H and O–H groups in total. The van der Waals surface area contributed by atoms with Crippen molar-refractivity contribution in [2.45, 2.75) is 37.5 Å². The third-order valence-electron chi connectivity index (χ3n) is 6.17. The molecule has 0 saturated carbocycles. The maximum Gasteiger partial charge on any atom is 0.341 e. The molecular weight excluding hydrogens is 498 g/mol. The average molecular weight is 520 g/mol. The number of halogens is 1. The van der Waals surface area contributed by atoms with Gasteiger partial charge in [-0.3, -0.25) is 10.1 Å². The third-order valence-corrected chi connectivity index (χ3v) is 8.34. The molecule has 2 heterocycles. The number of rotatable bonds is 6. The minimum absolute atomic E-state index is 0.0488. The van der Waals surface area contributed by atoms with Gasteiger partial charge >= 0.3 is 5.97 Å². The standard InChI is InChI=1S/C23H22ClN3O7S/c1-13-11-16(24)12-14(2)19(13)21-20(23(28)29)22(34-25-21)15-7-9-26(10-8-15)35(32,33)18-6-4-3-5-17(18)27(30)31/h3-6,11-12,15H,7-10H2,1-2H3,(H,28,29). The van der Waals surface area contributed by atoms with E-state index in [2.05, 4.69) is 5.16 Å². The zero-order valence-corrected chi connectivity index (χ0v) is 20.5. The van der Waals surface area contributed by atoms with Gasteiger partial charge in [0.1, 0.15) is 11.3 Å². The average Bonchev–Trinajstić information content (AvgIpc) is 3.23. The van der Waals surface area contributed by atoms with Crippen molar-refractivity contribution in [1.29, 1.82) is 0 Å². The normalized spacial score (nSPS) is 15.3. The predicted molar refractivity (Wildman–Crippen MR) is 127 cm³/mol. The summed E-state index contributed by atoms with van der Waals surface area (Å²) in [6, 6.07) is 8.63. The molecule has 0 radical (unpaired) electrons. The van der Waals surface area contributed by atoms with Crippen LogP contribution < -0.4 is 0 Å². The summed E-state index contributed by atoms with van der Waals surface area (Å²) in [5.74, 6) is -1.39. The van der Waals surface area contributed by atoms with E-state index in [1.165, 1.54) is 22.5 Å². The van der Waals surface area contributed by atoms with Gasteiger partial charge in [-0.2, -0.15) is 4.31 Å². The fourth-order valence-electron chi connectivity index (χ4n) is 4.57. The number of hydrogen-bond donors (Lipinski definition) is 1. The Balaban J connectivity index is 1.63. The molecule has 2 aromatic carbocycles. The molecule has 1 aromatic heterocycles. The molecule has 3 aromatic rings. The van der Waals surface area contributed by atoms with Crippen LogP contribution >= 0.6 is 11.6 Å². The maximum atomic E-state index is 13.1.